The van der Waals surface area contributed by atoms with Crippen molar-refractivity contribution in [3.05, 3.63) is 53.8 Å². The third-order valence-corrected chi connectivity index (χ3v) is 7.12. The average Bonchev–Trinajstić information content (AvgIpc) is 3.57. The second-order valence-electron chi connectivity index (χ2n) is 10.7. The summed E-state index contributed by atoms with van der Waals surface area (Å²) in [7, 11) is 1.79. The molecule has 1 aromatic heterocycles. The number of nitrogens with one attached hydrogen (secondary N) is 2. The fourth-order valence-electron chi connectivity index (χ4n) is 5.01. The molecule has 3 N–H and O–H groups in total. The number of amides is 2. The van der Waals surface area contributed by atoms with Crippen LogP contribution in [0.2, 0.25) is 0 Å². The lowest BCUT2D eigenvalue weighted by atomic mass is 9.94. The number of aromatic nitrogens is 1. The third-order valence-electron chi connectivity index (χ3n) is 7.12. The fourth-order valence-corrected chi connectivity index (χ4v) is 5.01. The van der Waals surface area contributed by atoms with E-state index in [1.54, 1.807) is 19.2 Å². The molecule has 1 fully saturated rings. The third kappa shape index (κ3) is 8.63. The molecule has 10 heteroatoms. The van der Waals surface area contributed by atoms with Gasteiger partial charge in [0, 0.05) is 31.5 Å². The van der Waals surface area contributed by atoms with Crippen molar-refractivity contribution in [2.24, 2.45) is 11.8 Å². The van der Waals surface area contributed by atoms with Gasteiger partial charge in [0.2, 0.25) is 5.91 Å². The van der Waals surface area contributed by atoms with Crippen molar-refractivity contribution in [3.8, 4) is 0 Å². The summed E-state index contributed by atoms with van der Waals surface area (Å²) in [6, 6.07) is -0.853. The van der Waals surface area contributed by atoms with E-state index in [0.29, 0.717) is 44.7 Å². The first-order valence-electron chi connectivity index (χ1n) is 13.7. The van der Waals surface area contributed by atoms with Crippen LogP contribution in [0.1, 0.15) is 63.3 Å². The number of carbonyl (C=O) groups is 3. The normalized spacial score (nSPS) is 31.2. The topological polar surface area (TPSA) is 134 Å². The number of cyclic esters (lactones) is 1. The van der Waals surface area contributed by atoms with Crippen LogP contribution in [0.5, 0.6) is 0 Å². The summed E-state index contributed by atoms with van der Waals surface area (Å²) in [5, 5.41) is 16.5. The molecule has 2 bridgehead atoms. The number of allylic oxidation sites excluding steroid dienone is 2. The molecule has 39 heavy (non-hydrogen) atoms. The Bertz CT molecular complexity index is 1090. The minimum Gasteiger partial charge on any atom is -0.460 e. The number of aliphatic hydroxyl groups excluding tert-OH is 1. The Morgan fingerprint density at radius 3 is 2.72 bits per heavy atom. The Kier molecular flexibility index (Phi) is 11.1. The number of nitrogens with zero attached hydrogens (tertiary/aromatic N) is 2. The van der Waals surface area contributed by atoms with Crippen LogP contribution in [0.4, 0.5) is 0 Å². The van der Waals surface area contributed by atoms with Crippen LogP contribution in [0.25, 0.3) is 0 Å². The summed E-state index contributed by atoms with van der Waals surface area (Å²) in [5.41, 5.74) is 1.00. The van der Waals surface area contributed by atoms with Gasteiger partial charge in [0.15, 0.2) is 11.6 Å². The molecule has 0 aliphatic carbocycles. The quantitative estimate of drug-likeness (QED) is 0.486. The van der Waals surface area contributed by atoms with E-state index in [2.05, 4.69) is 15.6 Å². The number of carbonyl (C=O) groups excluding carboxylic acids is 3. The van der Waals surface area contributed by atoms with Gasteiger partial charge in [-0.25, -0.2) is 9.78 Å². The maximum absolute atomic E-state index is 13.3. The highest BCUT2D eigenvalue weighted by molar-refractivity contribution is 5.95. The predicted octanol–water partition coefficient (Wildman–Crippen LogP) is 2.55. The fraction of sp³-hybridized carbons (Fsp3) is 0.586. The van der Waals surface area contributed by atoms with E-state index in [4.69, 9.17) is 9.15 Å². The molecule has 10 nitrogen and oxygen atoms in total. The molecule has 0 aromatic carbocycles. The van der Waals surface area contributed by atoms with E-state index < -0.39 is 24.2 Å². The minimum atomic E-state index is -0.714. The van der Waals surface area contributed by atoms with Crippen LogP contribution < -0.4 is 10.6 Å². The molecule has 1 unspecified atom stereocenters. The molecule has 3 rings (SSSR count). The molecule has 2 aliphatic rings. The van der Waals surface area contributed by atoms with Gasteiger partial charge in [-0.3, -0.25) is 9.59 Å². The Balaban J connectivity index is 1.87. The van der Waals surface area contributed by atoms with Crippen LogP contribution >= 0.6 is 0 Å². The number of ether oxygens (including phenoxy) is 1. The second-order valence-corrected chi connectivity index (χ2v) is 10.7. The van der Waals surface area contributed by atoms with E-state index in [-0.39, 0.29) is 35.4 Å². The maximum atomic E-state index is 13.3. The van der Waals surface area contributed by atoms with Gasteiger partial charge in [-0.1, -0.05) is 50.6 Å². The number of fused-ring (bicyclic) bond motifs is 3. The molecule has 3 heterocycles. The molecule has 1 aromatic rings. The van der Waals surface area contributed by atoms with Gasteiger partial charge in [0.25, 0.3) is 5.91 Å². The molecule has 2 amide bonds. The molecule has 0 spiro atoms. The van der Waals surface area contributed by atoms with Crippen molar-refractivity contribution in [1.82, 2.24) is 20.5 Å². The first kappa shape index (κ1) is 30.3. The van der Waals surface area contributed by atoms with Crippen LogP contribution in [-0.4, -0.2) is 77.2 Å². The average molecular weight is 543 g/mol. The number of hydrogen-bond acceptors (Lipinski definition) is 8. The summed E-state index contributed by atoms with van der Waals surface area (Å²) in [6.07, 6.45) is 10.7. The zero-order valence-electron chi connectivity index (χ0n) is 23.6. The number of hydrogen-bond donors (Lipinski definition) is 3. The van der Waals surface area contributed by atoms with Crippen molar-refractivity contribution in [1.29, 1.82) is 0 Å². The van der Waals surface area contributed by atoms with Gasteiger partial charge in [0.05, 0.1) is 6.10 Å². The molecule has 0 radical (unpaired) electrons. The van der Waals surface area contributed by atoms with Gasteiger partial charge in [-0.2, -0.15) is 0 Å². The van der Waals surface area contributed by atoms with E-state index in [1.165, 1.54) is 17.2 Å². The monoisotopic (exact) mass is 542 g/mol. The number of aliphatic hydroxyl groups is 1. The van der Waals surface area contributed by atoms with Crippen molar-refractivity contribution in [3.63, 3.8) is 0 Å². The Morgan fingerprint density at radius 1 is 1.23 bits per heavy atom. The molecule has 214 valence electrons. The molecule has 0 saturated carbocycles. The van der Waals surface area contributed by atoms with Gasteiger partial charge in [0.1, 0.15) is 18.4 Å². The first-order valence-corrected chi connectivity index (χ1v) is 13.7. The van der Waals surface area contributed by atoms with E-state index in [9.17, 15) is 19.5 Å². The van der Waals surface area contributed by atoms with Gasteiger partial charge in [-0.15, -0.1) is 0 Å². The predicted molar refractivity (Wildman–Crippen MR) is 147 cm³/mol. The minimum absolute atomic E-state index is 0.00274. The summed E-state index contributed by atoms with van der Waals surface area (Å²) >= 11 is 0. The maximum Gasteiger partial charge on any atom is 0.329 e. The van der Waals surface area contributed by atoms with Crippen molar-refractivity contribution < 1.29 is 28.6 Å². The van der Waals surface area contributed by atoms with Gasteiger partial charge < -0.3 is 29.8 Å². The Hall–Kier alpha value is -3.24. The number of oxazole rings is 1. The molecule has 1 saturated heterocycles. The summed E-state index contributed by atoms with van der Waals surface area (Å²) < 4.78 is 11.5. The lowest BCUT2D eigenvalue weighted by Gasteiger charge is -2.29. The van der Waals surface area contributed by atoms with Crippen molar-refractivity contribution in [2.45, 2.75) is 77.7 Å². The largest absolute Gasteiger partial charge is 0.460 e. The number of esters is 1. The van der Waals surface area contributed by atoms with Crippen molar-refractivity contribution >= 4 is 17.8 Å². The van der Waals surface area contributed by atoms with Crippen LogP contribution in [-0.2, 0) is 20.7 Å². The molecular weight excluding hydrogens is 500 g/mol. The molecular formula is C29H42N4O6. The van der Waals surface area contributed by atoms with E-state index in [1.807, 2.05) is 39.8 Å². The highest BCUT2D eigenvalue weighted by atomic mass is 16.5. The summed E-state index contributed by atoms with van der Waals surface area (Å²) in [5.74, 6) is -0.922. The Morgan fingerprint density at radius 2 is 2.00 bits per heavy atom. The lowest BCUT2D eigenvalue weighted by Crippen LogP contribution is -2.44. The Labute approximate surface area is 230 Å². The van der Waals surface area contributed by atoms with Gasteiger partial charge in [-0.05, 0) is 45.2 Å². The van der Waals surface area contributed by atoms with Crippen LogP contribution in [0.3, 0.4) is 0 Å². The standard InChI is InChI=1S/C29H42N4O6/c1-18(2)27-20(4)10-11-25(35)31-12-6-8-19(3)14-22(34)15-21(30-5)16-26-32-23(17-38-26)28(36)33-13-7-9-24(33)29(37)39-27/h6,8,10-11,14,17-18,20-22,24,27,30,34H,7,9,12-13,15-16H2,1-5H3,(H,31,35)/b8-6+,11-10+,19-14+/t20-,21-,22-,24-,27?/m1/s1. The smallest absolute Gasteiger partial charge is 0.329 e. The van der Waals surface area contributed by atoms with Crippen molar-refractivity contribution in [2.75, 3.05) is 20.1 Å². The zero-order chi connectivity index (χ0) is 28.5. The highest BCUT2D eigenvalue weighted by Gasteiger charge is 2.38. The number of likely N-dealkylation sites (N-methyl/N-ethyl adjacent to an activating group) is 1. The zero-order valence-corrected chi connectivity index (χ0v) is 23.6. The lowest BCUT2D eigenvalue weighted by molar-refractivity contribution is -0.158. The first-order chi connectivity index (χ1) is 18.6. The van der Waals surface area contributed by atoms with Crippen LogP contribution in [0, 0.1) is 11.8 Å². The summed E-state index contributed by atoms with van der Waals surface area (Å²) in [4.78, 5) is 44.8. The SMILES string of the molecule is CN[C@H]1Cc2nc(co2)C(=O)N2CCC[C@@H]2C(=O)OC(C(C)C)[C@H](C)/C=C/C(=O)NC/C=C/C(C)=C/[C@@H](O)C1. The molecule has 2 aliphatic heterocycles. The van der Waals surface area contributed by atoms with E-state index in [0.717, 1.165) is 5.57 Å². The molecule has 5 atom stereocenters. The number of rotatable bonds is 2. The van der Waals surface area contributed by atoms with Gasteiger partial charge >= 0.3 is 5.97 Å². The van der Waals surface area contributed by atoms with Crippen LogP contribution in [0.15, 0.2) is 46.6 Å². The highest BCUT2D eigenvalue weighted by Crippen LogP contribution is 2.25. The van der Waals surface area contributed by atoms with E-state index >= 15 is 0 Å². The summed E-state index contributed by atoms with van der Waals surface area (Å²) in [6.45, 7) is 8.45. The second kappa shape index (κ2) is 14.2.